The van der Waals surface area contributed by atoms with Gasteiger partial charge in [0.25, 0.3) is 5.56 Å². The van der Waals surface area contributed by atoms with Gasteiger partial charge in [0.05, 0.1) is 5.39 Å². The number of aromatic nitrogens is 3. The van der Waals surface area contributed by atoms with Crippen molar-refractivity contribution in [3.05, 3.63) is 61.4 Å². The third-order valence-corrected chi connectivity index (χ3v) is 5.50. The van der Waals surface area contributed by atoms with E-state index in [9.17, 15) is 9.59 Å². The third-order valence-electron chi connectivity index (χ3n) is 5.25. The molecule has 0 radical (unpaired) electrons. The molecule has 0 saturated carbocycles. The van der Waals surface area contributed by atoms with Crippen LogP contribution in [0.5, 0.6) is 0 Å². The zero-order valence-electron chi connectivity index (χ0n) is 14.9. The maximum Gasteiger partial charge on any atom is 0.332 e. The molecule has 0 spiro atoms. The molecule has 0 amide bonds. The monoisotopic (exact) mass is 369 g/mol. The summed E-state index contributed by atoms with van der Waals surface area (Å²) >= 11 is 6.07. The first-order valence-electron chi connectivity index (χ1n) is 8.86. The summed E-state index contributed by atoms with van der Waals surface area (Å²) in [7, 11) is 3.19. The summed E-state index contributed by atoms with van der Waals surface area (Å²) in [4.78, 5) is 30.2. The minimum atomic E-state index is -0.356. The van der Waals surface area contributed by atoms with Crippen molar-refractivity contribution in [2.75, 3.05) is 0 Å². The molecule has 0 saturated heterocycles. The predicted octanol–water partition coefficient (Wildman–Crippen LogP) is 3.22. The van der Waals surface area contributed by atoms with Gasteiger partial charge in [-0.2, -0.15) is 0 Å². The first-order valence-corrected chi connectivity index (χ1v) is 9.24. The number of pyridine rings is 1. The summed E-state index contributed by atoms with van der Waals surface area (Å²) < 4.78 is 2.63. The zero-order chi connectivity index (χ0) is 18.4. The quantitative estimate of drug-likeness (QED) is 0.619. The third kappa shape index (κ3) is 2.58. The van der Waals surface area contributed by atoms with Gasteiger partial charge in [-0.1, -0.05) is 30.2 Å². The molecule has 0 N–H and O–H groups in total. The van der Waals surface area contributed by atoms with Crippen LogP contribution in [-0.4, -0.2) is 14.1 Å². The summed E-state index contributed by atoms with van der Waals surface area (Å²) in [5.74, 6) is 0. The molecule has 6 heteroatoms. The number of hydrogen-bond acceptors (Lipinski definition) is 3. The largest absolute Gasteiger partial charge is 0.332 e. The molecule has 26 heavy (non-hydrogen) atoms. The van der Waals surface area contributed by atoms with Gasteiger partial charge in [-0.05, 0) is 48.9 Å². The van der Waals surface area contributed by atoms with Crippen molar-refractivity contribution < 1.29 is 0 Å². The topological polar surface area (TPSA) is 56.9 Å². The normalized spacial score (nSPS) is 14.3. The molecule has 0 bridgehead atoms. The van der Waals surface area contributed by atoms with Gasteiger partial charge in [-0.25, -0.2) is 9.78 Å². The van der Waals surface area contributed by atoms with Crippen LogP contribution in [0.2, 0.25) is 5.02 Å². The van der Waals surface area contributed by atoms with E-state index in [2.05, 4.69) is 0 Å². The Balaban J connectivity index is 2.22. The number of benzene rings is 1. The van der Waals surface area contributed by atoms with Crippen LogP contribution in [0.1, 0.15) is 30.5 Å². The van der Waals surface area contributed by atoms with Gasteiger partial charge >= 0.3 is 5.69 Å². The predicted molar refractivity (Wildman–Crippen MR) is 104 cm³/mol. The minimum Gasteiger partial charge on any atom is -0.280 e. The van der Waals surface area contributed by atoms with Gasteiger partial charge < -0.3 is 0 Å². The van der Waals surface area contributed by atoms with Crippen LogP contribution in [0, 0.1) is 0 Å². The molecule has 0 unspecified atom stereocenters. The molecule has 3 aromatic rings. The van der Waals surface area contributed by atoms with E-state index >= 15 is 0 Å². The Labute approximate surface area is 155 Å². The molecule has 5 nitrogen and oxygen atoms in total. The van der Waals surface area contributed by atoms with Crippen molar-refractivity contribution in [3.63, 3.8) is 0 Å². The van der Waals surface area contributed by atoms with Gasteiger partial charge in [-0.15, -0.1) is 0 Å². The average Bonchev–Trinajstić information content (AvgIpc) is 2.89. The van der Waals surface area contributed by atoms with E-state index in [0.29, 0.717) is 16.1 Å². The highest BCUT2D eigenvalue weighted by atomic mass is 35.5. The number of nitrogens with zero attached hydrogens (tertiary/aromatic N) is 3. The summed E-state index contributed by atoms with van der Waals surface area (Å²) in [6.07, 6.45) is 5.05. The Bertz CT molecular complexity index is 1130. The Morgan fingerprint density at radius 1 is 0.962 bits per heavy atom. The molecule has 2 aromatic heterocycles. The standard InChI is InChI=1S/C20H20ClN3O2/c1-23-18-17(19(25)24(2)20(23)26)16(12-8-10-13(21)11-9-12)14-6-4-3-5-7-15(14)22-18/h8-11H,3-7H2,1-2H3. The fraction of sp³-hybridized carbons (Fsp3) is 0.350. The van der Waals surface area contributed by atoms with Gasteiger partial charge in [0.15, 0.2) is 0 Å². The number of fused-ring (bicyclic) bond motifs is 2. The lowest BCUT2D eigenvalue weighted by Gasteiger charge is -2.17. The van der Waals surface area contributed by atoms with Gasteiger partial charge in [0, 0.05) is 30.4 Å². The summed E-state index contributed by atoms with van der Waals surface area (Å²) in [6, 6.07) is 7.54. The molecule has 1 aliphatic carbocycles. The van der Waals surface area contributed by atoms with E-state index in [-0.39, 0.29) is 11.2 Å². The number of hydrogen-bond donors (Lipinski definition) is 0. The summed E-state index contributed by atoms with van der Waals surface area (Å²) in [6.45, 7) is 0. The Morgan fingerprint density at radius 2 is 1.65 bits per heavy atom. The van der Waals surface area contributed by atoms with Crippen LogP contribution in [0.25, 0.3) is 22.2 Å². The van der Waals surface area contributed by atoms with Crippen LogP contribution < -0.4 is 11.2 Å². The molecule has 134 valence electrons. The van der Waals surface area contributed by atoms with Crippen LogP contribution >= 0.6 is 11.6 Å². The number of rotatable bonds is 1. The Morgan fingerprint density at radius 3 is 2.38 bits per heavy atom. The average molecular weight is 370 g/mol. The van der Waals surface area contributed by atoms with Crippen molar-refractivity contribution in [2.45, 2.75) is 32.1 Å². The van der Waals surface area contributed by atoms with Crippen LogP contribution in [0.4, 0.5) is 0 Å². The SMILES string of the molecule is Cn1c(=O)c2c(-c3ccc(Cl)cc3)c3c(nc2n(C)c1=O)CCCCC3. The highest BCUT2D eigenvalue weighted by Gasteiger charge is 2.23. The lowest BCUT2D eigenvalue weighted by Crippen LogP contribution is -2.37. The molecule has 2 heterocycles. The van der Waals surface area contributed by atoms with E-state index in [4.69, 9.17) is 16.6 Å². The molecule has 0 aliphatic heterocycles. The minimum absolute atomic E-state index is 0.299. The first kappa shape index (κ1) is 17.0. The van der Waals surface area contributed by atoms with Crippen LogP contribution in [-0.2, 0) is 26.9 Å². The van der Waals surface area contributed by atoms with Crippen molar-refractivity contribution in [1.82, 2.24) is 14.1 Å². The van der Waals surface area contributed by atoms with Gasteiger partial charge in [0.1, 0.15) is 5.65 Å². The fourth-order valence-electron chi connectivity index (χ4n) is 3.86. The smallest absolute Gasteiger partial charge is 0.280 e. The van der Waals surface area contributed by atoms with Crippen molar-refractivity contribution >= 4 is 22.6 Å². The number of halogens is 1. The second-order valence-corrected chi connectivity index (χ2v) is 7.32. The van der Waals surface area contributed by atoms with Crippen molar-refractivity contribution in [2.24, 2.45) is 14.1 Å². The van der Waals surface area contributed by atoms with E-state index in [1.54, 1.807) is 7.05 Å². The lowest BCUT2D eigenvalue weighted by molar-refractivity contribution is 0.701. The fourth-order valence-corrected chi connectivity index (χ4v) is 3.98. The molecular formula is C20H20ClN3O2. The Kier molecular flexibility index (Phi) is 4.19. The highest BCUT2D eigenvalue weighted by Crippen LogP contribution is 2.34. The molecular weight excluding hydrogens is 350 g/mol. The Hall–Kier alpha value is -2.40. The van der Waals surface area contributed by atoms with Gasteiger partial charge in [0.2, 0.25) is 0 Å². The molecule has 0 fully saturated rings. The van der Waals surface area contributed by atoms with Crippen LogP contribution in [0.3, 0.4) is 0 Å². The van der Waals surface area contributed by atoms with Crippen molar-refractivity contribution in [1.29, 1.82) is 0 Å². The lowest BCUT2D eigenvalue weighted by atomic mass is 9.93. The van der Waals surface area contributed by atoms with Gasteiger partial charge in [-0.3, -0.25) is 13.9 Å². The maximum absolute atomic E-state index is 13.0. The van der Waals surface area contributed by atoms with Crippen LogP contribution in [0.15, 0.2) is 33.9 Å². The van der Waals surface area contributed by atoms with E-state index in [0.717, 1.165) is 59.1 Å². The molecule has 4 rings (SSSR count). The molecule has 1 aliphatic rings. The molecule has 0 atom stereocenters. The summed E-state index contributed by atoms with van der Waals surface area (Å²) in [5, 5.41) is 1.16. The number of aryl methyl sites for hydroxylation is 2. The first-order chi connectivity index (χ1) is 12.5. The van der Waals surface area contributed by atoms with E-state index < -0.39 is 0 Å². The summed E-state index contributed by atoms with van der Waals surface area (Å²) in [5.41, 5.74) is 3.79. The van der Waals surface area contributed by atoms with E-state index in [1.807, 2.05) is 24.3 Å². The second-order valence-electron chi connectivity index (χ2n) is 6.88. The van der Waals surface area contributed by atoms with E-state index in [1.165, 1.54) is 11.6 Å². The van der Waals surface area contributed by atoms with Crippen molar-refractivity contribution in [3.8, 4) is 11.1 Å². The highest BCUT2D eigenvalue weighted by molar-refractivity contribution is 6.30. The molecule has 1 aromatic carbocycles. The zero-order valence-corrected chi connectivity index (χ0v) is 15.6. The second kappa shape index (κ2) is 6.40. The maximum atomic E-state index is 13.0.